The highest BCUT2D eigenvalue weighted by molar-refractivity contribution is 5.91. The van der Waals surface area contributed by atoms with E-state index in [1.165, 1.54) is 6.07 Å². The average molecular weight is 457 g/mol. The molecule has 9 heteroatoms. The second-order valence-electron chi connectivity index (χ2n) is 8.20. The molecule has 2 aliphatic rings. The van der Waals surface area contributed by atoms with Gasteiger partial charge in [-0.25, -0.2) is 0 Å². The Morgan fingerprint density at radius 2 is 1.81 bits per heavy atom. The predicted molar refractivity (Wildman–Crippen MR) is 120 cm³/mol. The summed E-state index contributed by atoms with van der Waals surface area (Å²) in [5, 5.41) is 5.80. The van der Waals surface area contributed by atoms with E-state index in [9.17, 15) is 22.8 Å². The van der Waals surface area contributed by atoms with Crippen molar-refractivity contribution in [3.8, 4) is 0 Å². The second-order valence-corrected chi connectivity index (χ2v) is 8.20. The molecule has 4 N–H and O–H groups in total. The van der Waals surface area contributed by atoms with Crippen molar-refractivity contribution in [2.24, 2.45) is 5.92 Å². The molecular formula is C23H35F3N4O2. The maximum atomic E-state index is 12.9. The Morgan fingerprint density at radius 1 is 1.12 bits per heavy atom. The molecule has 0 bridgehead atoms. The summed E-state index contributed by atoms with van der Waals surface area (Å²) in [6.07, 6.45) is 1.09. The number of nitrogens with zero attached hydrogens (tertiary/aromatic N) is 1. The number of nitrogen functional groups attached to an aromatic ring is 1. The van der Waals surface area contributed by atoms with Crippen molar-refractivity contribution in [2.45, 2.75) is 71.0 Å². The van der Waals surface area contributed by atoms with Gasteiger partial charge in [0.1, 0.15) is 0 Å². The summed E-state index contributed by atoms with van der Waals surface area (Å²) in [5.41, 5.74) is 4.64. The van der Waals surface area contributed by atoms with E-state index in [0.717, 1.165) is 50.8 Å². The lowest BCUT2D eigenvalue weighted by Gasteiger charge is -2.35. The van der Waals surface area contributed by atoms with E-state index < -0.39 is 11.7 Å². The molecule has 1 aromatic carbocycles. The Balaban J connectivity index is 0.00000176. The monoisotopic (exact) mass is 456 g/mol. The van der Waals surface area contributed by atoms with E-state index in [-0.39, 0.29) is 35.7 Å². The minimum Gasteiger partial charge on any atom is -0.399 e. The number of hydrogen-bond acceptors (Lipinski definition) is 4. The lowest BCUT2D eigenvalue weighted by molar-refractivity contribution is -0.137. The molecule has 6 nitrogen and oxygen atoms in total. The van der Waals surface area contributed by atoms with E-state index in [1.54, 1.807) is 0 Å². The van der Waals surface area contributed by atoms with Gasteiger partial charge in [-0.1, -0.05) is 20.3 Å². The van der Waals surface area contributed by atoms with Crippen LogP contribution in [0.3, 0.4) is 0 Å². The van der Waals surface area contributed by atoms with Gasteiger partial charge in [0.05, 0.1) is 11.6 Å². The van der Waals surface area contributed by atoms with Crippen LogP contribution in [0.4, 0.5) is 24.5 Å². The molecule has 0 saturated carbocycles. The maximum absolute atomic E-state index is 12.9. The lowest BCUT2D eigenvalue weighted by Crippen LogP contribution is -2.50. The molecule has 2 aliphatic heterocycles. The summed E-state index contributed by atoms with van der Waals surface area (Å²) in [5.74, 6) is 0.164. The quantitative estimate of drug-likeness (QED) is 0.573. The zero-order chi connectivity index (χ0) is 23.7. The van der Waals surface area contributed by atoms with Crippen molar-refractivity contribution in [3.05, 3.63) is 23.8 Å². The Bertz CT molecular complexity index is 756. The standard InChI is InChI=1S/C21H29F3N4O2.C2H6/c22-21(23,24)15-11-16(25)13-17(12-15)27-19(29)5-4-14-6-9-28(10-7-14)20(30)18-3-1-2-8-26-18;1-2/h11-14,18,26H,1-10,25H2,(H,27,29);1-2H3/t18-;/m0./s1. The van der Waals surface area contributed by atoms with Gasteiger partial charge in [0.15, 0.2) is 0 Å². The predicted octanol–water partition coefficient (Wildman–Crippen LogP) is 4.41. The lowest BCUT2D eigenvalue weighted by atomic mass is 9.91. The highest BCUT2D eigenvalue weighted by atomic mass is 19.4. The molecule has 1 atom stereocenters. The van der Waals surface area contributed by atoms with E-state index in [2.05, 4.69) is 10.6 Å². The summed E-state index contributed by atoms with van der Waals surface area (Å²) in [6.45, 7) is 6.26. The van der Waals surface area contributed by atoms with E-state index >= 15 is 0 Å². The van der Waals surface area contributed by atoms with Crippen LogP contribution in [-0.4, -0.2) is 42.4 Å². The number of hydrogen-bond donors (Lipinski definition) is 3. The molecule has 0 radical (unpaired) electrons. The Labute approximate surface area is 188 Å². The largest absolute Gasteiger partial charge is 0.416 e. The number of halogens is 3. The number of rotatable bonds is 5. The molecule has 2 saturated heterocycles. The van der Waals surface area contributed by atoms with Crippen molar-refractivity contribution in [2.75, 3.05) is 30.7 Å². The average Bonchev–Trinajstić information content (AvgIpc) is 2.78. The molecule has 2 amide bonds. The number of amides is 2. The van der Waals surface area contributed by atoms with Crippen molar-refractivity contribution in [1.29, 1.82) is 0 Å². The van der Waals surface area contributed by atoms with Crippen LogP contribution in [0.1, 0.15) is 64.4 Å². The molecule has 180 valence electrons. The van der Waals surface area contributed by atoms with Crippen LogP contribution in [0.25, 0.3) is 0 Å². The first-order chi connectivity index (χ1) is 15.2. The van der Waals surface area contributed by atoms with Crippen LogP contribution < -0.4 is 16.4 Å². The normalized spacial score (nSPS) is 19.7. The second kappa shape index (κ2) is 12.1. The third-order valence-electron chi connectivity index (χ3n) is 5.88. The Kier molecular flexibility index (Phi) is 9.81. The molecule has 3 rings (SSSR count). The number of nitrogens with two attached hydrogens (primary N) is 1. The van der Waals surface area contributed by atoms with Crippen LogP contribution in [0, 0.1) is 5.92 Å². The fourth-order valence-corrected chi connectivity index (χ4v) is 4.17. The van der Waals surface area contributed by atoms with Gasteiger partial charge in [-0.2, -0.15) is 13.2 Å². The Hall–Kier alpha value is -2.29. The van der Waals surface area contributed by atoms with Crippen molar-refractivity contribution >= 4 is 23.2 Å². The van der Waals surface area contributed by atoms with Gasteiger partial charge in [-0.3, -0.25) is 9.59 Å². The smallest absolute Gasteiger partial charge is 0.399 e. The van der Waals surface area contributed by atoms with Crippen LogP contribution in [0.2, 0.25) is 0 Å². The fraction of sp³-hybridized carbons (Fsp3) is 0.652. The fourth-order valence-electron chi connectivity index (χ4n) is 4.17. The van der Waals surface area contributed by atoms with E-state index in [1.807, 2.05) is 18.7 Å². The number of carbonyl (C=O) groups excluding carboxylic acids is 2. The van der Waals surface area contributed by atoms with Gasteiger partial charge in [0.25, 0.3) is 0 Å². The van der Waals surface area contributed by atoms with Gasteiger partial charge in [0.2, 0.25) is 11.8 Å². The first kappa shape index (κ1) is 26.0. The first-order valence-electron chi connectivity index (χ1n) is 11.5. The third-order valence-corrected chi connectivity index (χ3v) is 5.88. The minimum absolute atomic E-state index is 0.0488. The third kappa shape index (κ3) is 7.69. The van der Waals surface area contributed by atoms with Crippen LogP contribution in [-0.2, 0) is 15.8 Å². The molecule has 0 aromatic heterocycles. The van der Waals surface area contributed by atoms with Crippen LogP contribution >= 0.6 is 0 Å². The molecule has 2 heterocycles. The van der Waals surface area contributed by atoms with Gasteiger partial charge < -0.3 is 21.3 Å². The van der Waals surface area contributed by atoms with Crippen molar-refractivity contribution < 1.29 is 22.8 Å². The van der Waals surface area contributed by atoms with E-state index in [4.69, 9.17) is 5.73 Å². The molecule has 0 spiro atoms. The SMILES string of the molecule is CC.Nc1cc(NC(=O)CCC2CCN(C(=O)[C@@H]3CCCCN3)CC2)cc(C(F)(F)F)c1. The van der Waals surface area contributed by atoms with Gasteiger partial charge in [-0.15, -0.1) is 0 Å². The van der Waals surface area contributed by atoms with Gasteiger partial charge in [0, 0.05) is 30.9 Å². The molecule has 32 heavy (non-hydrogen) atoms. The summed E-state index contributed by atoms with van der Waals surface area (Å²) in [6, 6.07) is 2.97. The minimum atomic E-state index is -4.52. The summed E-state index contributed by atoms with van der Waals surface area (Å²) < 4.78 is 38.6. The number of carbonyl (C=O) groups is 2. The van der Waals surface area contributed by atoms with Gasteiger partial charge in [-0.05, 0) is 62.8 Å². The number of likely N-dealkylation sites (tertiary alicyclic amines) is 1. The summed E-state index contributed by atoms with van der Waals surface area (Å²) in [7, 11) is 0. The number of alkyl halides is 3. The summed E-state index contributed by atoms with van der Waals surface area (Å²) >= 11 is 0. The topological polar surface area (TPSA) is 87.5 Å². The number of nitrogens with one attached hydrogen (secondary N) is 2. The molecular weight excluding hydrogens is 421 g/mol. The number of piperidine rings is 2. The molecule has 0 unspecified atom stereocenters. The molecule has 0 aliphatic carbocycles. The zero-order valence-electron chi connectivity index (χ0n) is 18.9. The Morgan fingerprint density at radius 3 is 2.41 bits per heavy atom. The number of benzene rings is 1. The molecule has 2 fully saturated rings. The number of anilines is 2. The summed E-state index contributed by atoms with van der Waals surface area (Å²) in [4.78, 5) is 26.7. The maximum Gasteiger partial charge on any atom is 0.416 e. The zero-order valence-corrected chi connectivity index (χ0v) is 18.9. The highest BCUT2D eigenvalue weighted by Crippen LogP contribution is 2.33. The molecule has 1 aromatic rings. The van der Waals surface area contributed by atoms with Crippen LogP contribution in [0.15, 0.2) is 18.2 Å². The first-order valence-corrected chi connectivity index (χ1v) is 11.5. The highest BCUT2D eigenvalue weighted by Gasteiger charge is 2.31. The van der Waals surface area contributed by atoms with Crippen LogP contribution in [0.5, 0.6) is 0 Å². The van der Waals surface area contributed by atoms with Crippen molar-refractivity contribution in [3.63, 3.8) is 0 Å². The van der Waals surface area contributed by atoms with E-state index in [0.29, 0.717) is 25.4 Å². The van der Waals surface area contributed by atoms with Crippen molar-refractivity contribution in [1.82, 2.24) is 10.2 Å². The van der Waals surface area contributed by atoms with Gasteiger partial charge >= 0.3 is 6.18 Å².